The molecule has 0 saturated carbocycles. The van der Waals surface area contributed by atoms with Crippen molar-refractivity contribution in [3.05, 3.63) is 46.2 Å². The first kappa shape index (κ1) is 20.9. The molecule has 0 unspecified atom stereocenters. The first-order valence-electron chi connectivity index (χ1n) is 8.61. The molecular formula is C18H25FIN5S. The van der Waals surface area contributed by atoms with Crippen LogP contribution in [0.5, 0.6) is 0 Å². The van der Waals surface area contributed by atoms with E-state index in [1.54, 1.807) is 17.4 Å². The van der Waals surface area contributed by atoms with Crippen molar-refractivity contribution in [3.63, 3.8) is 0 Å². The summed E-state index contributed by atoms with van der Waals surface area (Å²) in [5.41, 5.74) is 0.684. The monoisotopic (exact) mass is 489 g/mol. The van der Waals surface area contributed by atoms with Gasteiger partial charge in [0.2, 0.25) is 0 Å². The van der Waals surface area contributed by atoms with Crippen molar-refractivity contribution < 1.29 is 4.39 Å². The van der Waals surface area contributed by atoms with Gasteiger partial charge in [0.05, 0.1) is 17.2 Å². The highest BCUT2D eigenvalue weighted by Crippen LogP contribution is 2.20. The van der Waals surface area contributed by atoms with Crippen molar-refractivity contribution in [2.45, 2.75) is 20.4 Å². The van der Waals surface area contributed by atoms with Crippen LogP contribution in [-0.2, 0) is 6.54 Å². The maximum Gasteiger partial charge on any atom is 0.194 e. The number of nitrogens with zero attached hydrogens (tertiary/aromatic N) is 4. The normalized spacial score (nSPS) is 15.0. The van der Waals surface area contributed by atoms with E-state index in [-0.39, 0.29) is 29.8 Å². The average Bonchev–Trinajstić information content (AvgIpc) is 3.05. The number of nitrogens with one attached hydrogen (secondary N) is 1. The van der Waals surface area contributed by atoms with Crippen molar-refractivity contribution in [3.8, 4) is 0 Å². The van der Waals surface area contributed by atoms with Crippen molar-refractivity contribution in [1.82, 2.24) is 15.2 Å². The van der Waals surface area contributed by atoms with E-state index in [2.05, 4.69) is 27.0 Å². The van der Waals surface area contributed by atoms with Gasteiger partial charge >= 0.3 is 0 Å². The highest BCUT2D eigenvalue weighted by atomic mass is 127. The molecule has 0 amide bonds. The van der Waals surface area contributed by atoms with Crippen LogP contribution in [0.25, 0.3) is 0 Å². The molecule has 0 radical (unpaired) electrons. The second kappa shape index (κ2) is 10.1. The van der Waals surface area contributed by atoms with Crippen LogP contribution in [0.15, 0.2) is 35.5 Å². The number of thiazole rings is 1. The summed E-state index contributed by atoms with van der Waals surface area (Å²) in [5, 5.41) is 4.43. The van der Waals surface area contributed by atoms with Crippen LogP contribution in [-0.4, -0.2) is 48.6 Å². The molecule has 142 valence electrons. The lowest BCUT2D eigenvalue weighted by molar-refractivity contribution is 0.370. The largest absolute Gasteiger partial charge is 0.366 e. The lowest BCUT2D eigenvalue weighted by Crippen LogP contribution is -2.52. The summed E-state index contributed by atoms with van der Waals surface area (Å²) in [5.74, 6) is 0.763. The van der Waals surface area contributed by atoms with Crippen molar-refractivity contribution in [2.24, 2.45) is 4.99 Å². The van der Waals surface area contributed by atoms with Gasteiger partial charge in [-0.1, -0.05) is 12.1 Å². The third-order valence-corrected chi connectivity index (χ3v) is 5.06. The van der Waals surface area contributed by atoms with E-state index in [4.69, 9.17) is 4.99 Å². The minimum Gasteiger partial charge on any atom is -0.366 e. The number of hydrogen-bond donors (Lipinski definition) is 1. The first-order valence-corrected chi connectivity index (χ1v) is 9.43. The standard InChI is InChI=1S/C18H24FN5S.HI/c1-3-20-18(22-13-15-12-21-14(2)25-15)24-10-8-23(9-11-24)17-7-5-4-6-16(17)19;/h4-7,12H,3,8-11,13H2,1-2H3,(H,20,22);1H. The molecule has 0 bridgehead atoms. The highest BCUT2D eigenvalue weighted by Gasteiger charge is 2.21. The van der Waals surface area contributed by atoms with E-state index in [0.717, 1.165) is 48.6 Å². The first-order chi connectivity index (χ1) is 12.2. The van der Waals surface area contributed by atoms with Gasteiger partial charge < -0.3 is 15.1 Å². The Morgan fingerprint density at radius 1 is 1.27 bits per heavy atom. The fraction of sp³-hybridized carbons (Fsp3) is 0.444. The molecule has 1 aliphatic rings. The molecule has 26 heavy (non-hydrogen) atoms. The SMILES string of the molecule is CCNC(=NCc1cnc(C)s1)N1CCN(c2ccccc2F)CC1.I. The van der Waals surface area contributed by atoms with Crippen molar-refractivity contribution >= 4 is 47.0 Å². The number of rotatable bonds is 4. The van der Waals surface area contributed by atoms with Crippen molar-refractivity contribution in [2.75, 3.05) is 37.6 Å². The molecule has 1 saturated heterocycles. The Kier molecular flexibility index (Phi) is 8.08. The van der Waals surface area contributed by atoms with Crippen LogP contribution in [0.4, 0.5) is 10.1 Å². The van der Waals surface area contributed by atoms with E-state index in [1.165, 1.54) is 6.07 Å². The Balaban J connectivity index is 0.00000243. The number of aliphatic imine (C=N–C) groups is 1. The molecule has 0 spiro atoms. The van der Waals surface area contributed by atoms with Crippen LogP contribution < -0.4 is 10.2 Å². The van der Waals surface area contributed by atoms with Gasteiger partial charge in [-0.05, 0) is 26.0 Å². The fourth-order valence-corrected chi connectivity index (χ4v) is 3.64. The van der Waals surface area contributed by atoms with Crippen LogP contribution in [0, 0.1) is 12.7 Å². The number of piperazine rings is 1. The van der Waals surface area contributed by atoms with E-state index in [1.807, 2.05) is 25.3 Å². The summed E-state index contributed by atoms with van der Waals surface area (Å²) < 4.78 is 14.0. The van der Waals surface area contributed by atoms with Crippen molar-refractivity contribution in [1.29, 1.82) is 0 Å². The molecule has 0 atom stereocenters. The second-order valence-corrected chi connectivity index (χ2v) is 7.26. The third kappa shape index (κ3) is 5.29. The highest BCUT2D eigenvalue weighted by molar-refractivity contribution is 14.0. The number of hydrogen-bond acceptors (Lipinski definition) is 4. The Hall–Kier alpha value is -1.42. The molecule has 5 nitrogen and oxygen atoms in total. The number of halogens is 2. The molecule has 8 heteroatoms. The van der Waals surface area contributed by atoms with Gasteiger partial charge in [0, 0.05) is 43.8 Å². The van der Waals surface area contributed by atoms with Crippen LogP contribution >= 0.6 is 35.3 Å². The van der Waals surface area contributed by atoms with Crippen LogP contribution in [0.1, 0.15) is 16.8 Å². The van der Waals surface area contributed by atoms with E-state index in [9.17, 15) is 4.39 Å². The quantitative estimate of drug-likeness (QED) is 0.406. The molecular weight excluding hydrogens is 464 g/mol. The number of para-hydroxylation sites is 1. The van der Waals surface area contributed by atoms with Crippen LogP contribution in [0.2, 0.25) is 0 Å². The molecule has 1 N–H and O–H groups in total. The number of aromatic nitrogens is 1. The van der Waals surface area contributed by atoms with Gasteiger partial charge in [0.15, 0.2) is 5.96 Å². The molecule has 2 aromatic rings. The van der Waals surface area contributed by atoms with E-state index in [0.29, 0.717) is 12.2 Å². The summed E-state index contributed by atoms with van der Waals surface area (Å²) >= 11 is 1.68. The van der Waals surface area contributed by atoms with Gasteiger partial charge in [-0.25, -0.2) is 14.4 Å². The molecule has 0 aliphatic carbocycles. The lowest BCUT2D eigenvalue weighted by atomic mass is 10.2. The van der Waals surface area contributed by atoms with Gasteiger partial charge in [-0.3, -0.25) is 0 Å². The minimum atomic E-state index is -0.155. The second-order valence-electron chi connectivity index (χ2n) is 5.94. The lowest BCUT2D eigenvalue weighted by Gasteiger charge is -2.37. The predicted molar refractivity (Wildman–Crippen MR) is 117 cm³/mol. The maximum atomic E-state index is 14.0. The zero-order chi connectivity index (χ0) is 17.6. The smallest absolute Gasteiger partial charge is 0.194 e. The fourth-order valence-electron chi connectivity index (χ4n) is 2.92. The summed E-state index contributed by atoms with van der Waals surface area (Å²) in [6, 6.07) is 6.97. The third-order valence-electron chi connectivity index (χ3n) is 4.16. The zero-order valence-corrected chi connectivity index (χ0v) is 18.3. The van der Waals surface area contributed by atoms with E-state index < -0.39 is 0 Å². The molecule has 1 fully saturated rings. The minimum absolute atomic E-state index is 0. The molecule has 1 aromatic carbocycles. The Labute approximate surface area is 175 Å². The van der Waals surface area contributed by atoms with Gasteiger partial charge in [-0.15, -0.1) is 35.3 Å². The Morgan fingerprint density at radius 2 is 2.00 bits per heavy atom. The Morgan fingerprint density at radius 3 is 2.62 bits per heavy atom. The number of anilines is 1. The number of guanidine groups is 1. The number of benzene rings is 1. The molecule has 2 heterocycles. The van der Waals surface area contributed by atoms with Gasteiger partial charge in [0.1, 0.15) is 5.82 Å². The van der Waals surface area contributed by atoms with Gasteiger partial charge in [-0.2, -0.15) is 0 Å². The zero-order valence-electron chi connectivity index (χ0n) is 15.1. The molecule has 1 aromatic heterocycles. The summed E-state index contributed by atoms with van der Waals surface area (Å²) in [6.07, 6.45) is 1.89. The van der Waals surface area contributed by atoms with E-state index >= 15 is 0 Å². The molecule has 3 rings (SSSR count). The predicted octanol–water partition coefficient (Wildman–Crippen LogP) is 3.50. The molecule has 1 aliphatic heterocycles. The van der Waals surface area contributed by atoms with Gasteiger partial charge in [0.25, 0.3) is 0 Å². The summed E-state index contributed by atoms with van der Waals surface area (Å²) in [7, 11) is 0. The number of aryl methyl sites for hydroxylation is 1. The average molecular weight is 489 g/mol. The Bertz CT molecular complexity index is 728. The summed E-state index contributed by atoms with van der Waals surface area (Å²) in [4.78, 5) is 14.5. The van der Waals surface area contributed by atoms with Crippen LogP contribution in [0.3, 0.4) is 0 Å². The maximum absolute atomic E-state index is 14.0. The topological polar surface area (TPSA) is 43.8 Å². The summed E-state index contributed by atoms with van der Waals surface area (Å²) in [6.45, 7) is 8.75.